The zero-order valence-electron chi connectivity index (χ0n) is 55.2. The predicted octanol–water partition coefficient (Wildman–Crippen LogP) is 24.0. The van der Waals surface area contributed by atoms with Crippen LogP contribution in [0, 0.1) is 0 Å². The van der Waals surface area contributed by atoms with Gasteiger partial charge in [-0.25, -0.2) is 19.9 Å². The molecule has 21 rings (SSSR count). The highest BCUT2D eigenvalue weighted by atomic mass is 15.0. The van der Waals surface area contributed by atoms with E-state index in [9.17, 15) is 0 Å². The molecule has 15 aromatic carbocycles. The molecule has 0 saturated heterocycles. The van der Waals surface area contributed by atoms with Crippen molar-refractivity contribution in [3.63, 3.8) is 0 Å². The highest BCUT2D eigenvalue weighted by Gasteiger charge is 2.22. The lowest BCUT2D eigenvalue weighted by molar-refractivity contribution is 1.17. The topological polar surface area (TPSA) is 71.3 Å². The first-order chi connectivity index (χ1) is 50.6. The van der Waals surface area contributed by atoms with E-state index in [1.165, 1.54) is 98.4 Å². The summed E-state index contributed by atoms with van der Waals surface area (Å²) < 4.78 is 9.58. The summed E-state index contributed by atoms with van der Waals surface area (Å²) in [7, 11) is 0. The second kappa shape index (κ2) is 24.0. The summed E-state index contributed by atoms with van der Waals surface area (Å²) in [4.78, 5) is 20.2. The van der Waals surface area contributed by atoms with Gasteiger partial charge in [0, 0.05) is 98.9 Å². The fourth-order valence-electron chi connectivity index (χ4n) is 15.5. The van der Waals surface area contributed by atoms with Crippen LogP contribution in [-0.4, -0.2) is 38.2 Å². The normalized spacial score (nSPS) is 11.7. The Kier molecular flexibility index (Phi) is 13.7. The van der Waals surface area contributed by atoms with Gasteiger partial charge in [-0.2, -0.15) is 0 Å². The molecule has 0 unspecified atom stereocenters. The van der Waals surface area contributed by atoms with Crippen LogP contribution in [0.25, 0.3) is 188 Å². The van der Waals surface area contributed by atoms with Crippen LogP contribution in [0.1, 0.15) is 0 Å². The maximum Gasteiger partial charge on any atom is 0.160 e. The van der Waals surface area contributed by atoms with E-state index >= 15 is 0 Å². The number of rotatable bonds is 9. The van der Waals surface area contributed by atoms with Crippen LogP contribution in [0.5, 0.6) is 0 Å². The third-order valence-electron chi connectivity index (χ3n) is 20.2. The van der Waals surface area contributed by atoms with Gasteiger partial charge in [0.1, 0.15) is 0 Å². The lowest BCUT2D eigenvalue weighted by atomic mass is 10.0. The van der Waals surface area contributed by atoms with Gasteiger partial charge >= 0.3 is 0 Å². The highest BCUT2D eigenvalue weighted by Crippen LogP contribution is 2.43. The van der Waals surface area contributed by atoms with Crippen molar-refractivity contribution in [2.24, 2.45) is 0 Å². The minimum Gasteiger partial charge on any atom is -0.309 e. The molecule has 0 radical (unpaired) electrons. The molecular formula is C94H60N8. The molecule has 8 heteroatoms. The molecule has 0 N–H and O–H groups in total. The number of benzene rings is 15. The minimum atomic E-state index is 0.716. The molecule has 6 heterocycles. The quantitative estimate of drug-likeness (QED) is 0.144. The Morgan fingerprint density at radius 1 is 0.157 bits per heavy atom. The molecular weight excluding hydrogens is 1240 g/mol. The van der Waals surface area contributed by atoms with Crippen LogP contribution in [0.4, 0.5) is 0 Å². The van der Waals surface area contributed by atoms with Gasteiger partial charge in [-0.15, -0.1) is 0 Å². The van der Waals surface area contributed by atoms with Crippen molar-refractivity contribution >= 4 is 109 Å². The molecule has 0 fully saturated rings. The number of fused-ring (bicyclic) bond motifs is 14. The average Bonchev–Trinajstić information content (AvgIpc) is 1.57. The fourth-order valence-corrected chi connectivity index (χ4v) is 15.5. The highest BCUT2D eigenvalue weighted by molar-refractivity contribution is 6.21. The largest absolute Gasteiger partial charge is 0.309 e. The van der Waals surface area contributed by atoms with Crippen LogP contribution in [0.3, 0.4) is 0 Å². The Morgan fingerprint density at radius 2 is 0.402 bits per heavy atom. The van der Waals surface area contributed by atoms with Crippen LogP contribution >= 0.6 is 0 Å². The Bertz CT molecular complexity index is 6810. The molecule has 0 saturated carbocycles. The first kappa shape index (κ1) is 58.3. The van der Waals surface area contributed by atoms with Gasteiger partial charge in [-0.3, -0.25) is 0 Å². The predicted molar refractivity (Wildman–Crippen MR) is 424 cm³/mol. The first-order valence-electron chi connectivity index (χ1n) is 34.6. The summed E-state index contributed by atoms with van der Waals surface area (Å²) >= 11 is 0. The van der Waals surface area contributed by atoms with Crippen molar-refractivity contribution in [1.82, 2.24) is 38.2 Å². The summed E-state index contributed by atoms with van der Waals surface area (Å²) in [6.45, 7) is 0. The Morgan fingerprint density at radius 3 is 0.755 bits per heavy atom. The maximum absolute atomic E-state index is 5.21. The van der Waals surface area contributed by atoms with E-state index < -0.39 is 0 Å². The lowest BCUT2D eigenvalue weighted by Gasteiger charge is -2.12. The minimum absolute atomic E-state index is 0.716. The summed E-state index contributed by atoms with van der Waals surface area (Å²) in [6.07, 6.45) is 0. The van der Waals surface area contributed by atoms with E-state index in [-0.39, 0.29) is 0 Å². The van der Waals surface area contributed by atoms with E-state index in [0.29, 0.717) is 5.82 Å². The van der Waals surface area contributed by atoms with E-state index in [2.05, 4.69) is 346 Å². The van der Waals surface area contributed by atoms with Gasteiger partial charge in [0.25, 0.3) is 0 Å². The fraction of sp³-hybridized carbons (Fsp3) is 0. The average molecular weight is 1300 g/mol. The molecule has 6 aromatic heterocycles. The molecule has 0 aliphatic heterocycles. The third-order valence-corrected chi connectivity index (χ3v) is 20.2. The van der Waals surface area contributed by atoms with Crippen molar-refractivity contribution < 1.29 is 0 Å². The van der Waals surface area contributed by atoms with Gasteiger partial charge in [0.05, 0.1) is 66.6 Å². The van der Waals surface area contributed by atoms with Crippen LogP contribution in [-0.2, 0) is 0 Å². The molecule has 0 aliphatic rings. The van der Waals surface area contributed by atoms with Crippen molar-refractivity contribution in [3.8, 4) is 79.2 Å². The second-order valence-electron chi connectivity index (χ2n) is 26.1. The second-order valence-corrected chi connectivity index (χ2v) is 26.1. The molecule has 0 aliphatic carbocycles. The molecule has 0 spiro atoms. The van der Waals surface area contributed by atoms with Crippen molar-refractivity contribution in [2.45, 2.75) is 0 Å². The molecule has 0 atom stereocenters. The Labute approximate surface area is 586 Å². The molecule has 102 heavy (non-hydrogen) atoms. The van der Waals surface area contributed by atoms with Crippen molar-refractivity contribution in [3.05, 3.63) is 364 Å². The standard InChI is InChI=1S/C50H32N4.C44H28N4/c1-3-13-33(14-4-1)34-23-25-36(26-24-34)50-51-44-20-10-7-19-41(44)49(52-50)35-27-29-38(30-28-35)54-46-22-12-9-18-40(46)43-31-47-42(32-48(43)54)39-17-8-11-21-45(39)53(47)37-15-5-2-6-16-37;1-3-13-30(14-4-1)44-45-38-20-10-7-19-35(38)43(46-44)29-23-25-32(26-24-29)48-40-22-12-9-18-34(40)37-27-41-36(28-42(37)48)33-17-8-11-21-39(33)47(41)31-15-5-2-6-16-31/h1-32H;1-28H. The summed E-state index contributed by atoms with van der Waals surface area (Å²) in [5, 5.41) is 12.0. The maximum atomic E-state index is 5.21. The van der Waals surface area contributed by atoms with Crippen LogP contribution in [0.2, 0.25) is 0 Å². The number of para-hydroxylation sites is 8. The Hall–Kier alpha value is -13.8. The third kappa shape index (κ3) is 9.68. The van der Waals surface area contributed by atoms with E-state index in [0.717, 1.165) is 84.0 Å². The number of aromatic nitrogens is 8. The molecule has 0 bridgehead atoms. The zero-order valence-corrected chi connectivity index (χ0v) is 55.2. The SMILES string of the molecule is c1ccc(-c2ccc(-c3nc(-c4ccc(-n5c6ccccc6c6cc7c(cc65)c5ccccc5n7-c5ccccc5)cc4)c4ccccc4n3)cc2)cc1.c1ccc(-c2nc(-c3ccc(-n4c5ccccc5c5cc6c(cc54)c4ccccc4n6-c4ccccc4)cc3)c3ccccc3n2)cc1. The van der Waals surface area contributed by atoms with Gasteiger partial charge < -0.3 is 18.3 Å². The summed E-state index contributed by atoms with van der Waals surface area (Å²) in [6, 6.07) is 129. The van der Waals surface area contributed by atoms with Gasteiger partial charge in [-0.1, -0.05) is 255 Å². The number of hydrogen-bond donors (Lipinski definition) is 0. The number of nitrogens with zero attached hydrogens (tertiary/aromatic N) is 8. The van der Waals surface area contributed by atoms with Crippen LogP contribution < -0.4 is 0 Å². The Balaban J connectivity index is 0.000000138. The molecule has 476 valence electrons. The first-order valence-corrected chi connectivity index (χ1v) is 34.6. The van der Waals surface area contributed by atoms with Gasteiger partial charge in [0.2, 0.25) is 0 Å². The molecule has 0 amide bonds. The molecule has 21 aromatic rings. The monoisotopic (exact) mass is 1300 g/mol. The van der Waals surface area contributed by atoms with Crippen LogP contribution in [0.15, 0.2) is 364 Å². The number of hydrogen-bond acceptors (Lipinski definition) is 4. The smallest absolute Gasteiger partial charge is 0.160 e. The van der Waals surface area contributed by atoms with Crippen molar-refractivity contribution in [1.29, 1.82) is 0 Å². The van der Waals surface area contributed by atoms with Gasteiger partial charge in [0.15, 0.2) is 11.6 Å². The van der Waals surface area contributed by atoms with E-state index in [1.54, 1.807) is 0 Å². The summed E-state index contributed by atoms with van der Waals surface area (Å²) in [5.41, 5.74) is 24.3. The lowest BCUT2D eigenvalue weighted by Crippen LogP contribution is -1.97. The van der Waals surface area contributed by atoms with E-state index in [1.807, 2.05) is 36.4 Å². The summed E-state index contributed by atoms with van der Waals surface area (Å²) in [5.74, 6) is 1.45. The zero-order chi connectivity index (χ0) is 67.2. The van der Waals surface area contributed by atoms with Crippen molar-refractivity contribution in [2.75, 3.05) is 0 Å². The van der Waals surface area contributed by atoms with Gasteiger partial charge in [-0.05, 0) is 120 Å². The van der Waals surface area contributed by atoms with E-state index in [4.69, 9.17) is 19.9 Å². The molecule has 8 nitrogen and oxygen atoms in total.